The molecule has 0 amide bonds. The van der Waals surface area contributed by atoms with Gasteiger partial charge in [0, 0.05) is 17.3 Å². The molecule has 5 rings (SSSR count). The lowest BCUT2D eigenvalue weighted by molar-refractivity contribution is -0.251. The zero-order chi connectivity index (χ0) is 27.6. The molecule has 0 aromatic rings. The Morgan fingerprint density at radius 2 is 1.43 bits per heavy atom. The van der Waals surface area contributed by atoms with Crippen LogP contribution in [-0.2, 0) is 19.2 Å². The van der Waals surface area contributed by atoms with Crippen LogP contribution in [-0.4, -0.2) is 44.4 Å². The molecule has 37 heavy (non-hydrogen) atoms. The molecule has 7 nitrogen and oxygen atoms in total. The smallest absolute Gasteiger partial charge is 0.336 e. The first-order chi connectivity index (χ1) is 16.9. The predicted molar refractivity (Wildman–Crippen MR) is 135 cm³/mol. The molecule has 4 fully saturated rings. The third-order valence-electron chi connectivity index (χ3n) is 13.3. The number of carboxylic acid groups (broad SMARTS) is 2. The molecule has 3 N–H and O–H groups in total. The Bertz CT molecular complexity index is 1140. The van der Waals surface area contributed by atoms with Crippen molar-refractivity contribution in [1.82, 2.24) is 0 Å². The molecule has 10 unspecified atom stereocenters. The van der Waals surface area contributed by atoms with E-state index in [0.29, 0.717) is 19.3 Å². The molecule has 0 aliphatic heterocycles. The van der Waals surface area contributed by atoms with Crippen LogP contribution in [0.1, 0.15) is 92.9 Å². The summed E-state index contributed by atoms with van der Waals surface area (Å²) in [6, 6.07) is 0. The second-order valence-electron chi connectivity index (χ2n) is 14.2. The number of carboxylic acids is 2. The van der Waals surface area contributed by atoms with Gasteiger partial charge in [-0.2, -0.15) is 0 Å². The van der Waals surface area contributed by atoms with Crippen LogP contribution in [0.3, 0.4) is 0 Å². The maximum absolute atomic E-state index is 13.1. The van der Waals surface area contributed by atoms with Crippen LogP contribution < -0.4 is 0 Å². The van der Waals surface area contributed by atoms with Crippen molar-refractivity contribution >= 4 is 23.5 Å². The molecule has 5 aliphatic carbocycles. The van der Waals surface area contributed by atoms with E-state index in [4.69, 9.17) is 0 Å². The van der Waals surface area contributed by atoms with Gasteiger partial charge in [-0.25, -0.2) is 4.79 Å². The van der Waals surface area contributed by atoms with E-state index in [0.717, 1.165) is 19.3 Å². The van der Waals surface area contributed by atoms with Crippen LogP contribution in [0, 0.1) is 50.7 Å². The number of rotatable bonds is 2. The molecule has 10 atom stereocenters. The number of fused-ring (bicyclic) bond motifs is 7. The van der Waals surface area contributed by atoms with Gasteiger partial charge in [-0.05, 0) is 80.0 Å². The topological polar surface area (TPSA) is 129 Å². The number of allylic oxidation sites excluding steroid dienone is 2. The fourth-order valence-corrected chi connectivity index (χ4v) is 10.6. The minimum atomic E-state index is -2.32. The number of hydrogen-bond acceptors (Lipinski definition) is 5. The Labute approximate surface area is 219 Å². The highest BCUT2D eigenvalue weighted by molar-refractivity contribution is 6.06. The van der Waals surface area contributed by atoms with Gasteiger partial charge >= 0.3 is 11.9 Å². The van der Waals surface area contributed by atoms with Gasteiger partial charge in [0.25, 0.3) is 0 Å². The number of aliphatic hydroxyl groups is 1. The first-order valence-corrected chi connectivity index (χ1v) is 13.9. The van der Waals surface area contributed by atoms with Crippen molar-refractivity contribution in [1.29, 1.82) is 0 Å². The minimum Gasteiger partial charge on any atom is -0.481 e. The highest BCUT2D eigenvalue weighted by Crippen LogP contribution is 2.76. The summed E-state index contributed by atoms with van der Waals surface area (Å²) in [6.45, 7) is 12.1. The molecule has 0 spiro atoms. The number of hydrogen-bond donors (Lipinski definition) is 3. The Morgan fingerprint density at radius 1 is 0.838 bits per heavy atom. The summed E-state index contributed by atoms with van der Waals surface area (Å²) in [7, 11) is 0. The van der Waals surface area contributed by atoms with E-state index in [-0.39, 0.29) is 53.0 Å². The van der Waals surface area contributed by atoms with E-state index in [2.05, 4.69) is 26.8 Å². The van der Waals surface area contributed by atoms with Crippen LogP contribution in [0.4, 0.5) is 0 Å². The third kappa shape index (κ3) is 2.82. The second-order valence-corrected chi connectivity index (χ2v) is 14.2. The summed E-state index contributed by atoms with van der Waals surface area (Å²) >= 11 is 0. The van der Waals surface area contributed by atoms with Crippen molar-refractivity contribution in [2.75, 3.05) is 0 Å². The average Bonchev–Trinajstić information content (AvgIpc) is 2.81. The van der Waals surface area contributed by atoms with Crippen LogP contribution in [0.25, 0.3) is 0 Å². The summed E-state index contributed by atoms with van der Waals surface area (Å²) in [5.74, 6) is -3.24. The molecule has 204 valence electrons. The molecule has 7 heteroatoms. The molecular formula is C30H42O7. The molecule has 0 aromatic heterocycles. The van der Waals surface area contributed by atoms with Gasteiger partial charge in [-0.1, -0.05) is 46.3 Å². The van der Waals surface area contributed by atoms with E-state index < -0.39 is 39.7 Å². The van der Waals surface area contributed by atoms with Gasteiger partial charge in [-0.15, -0.1) is 0 Å². The maximum atomic E-state index is 13.1. The summed E-state index contributed by atoms with van der Waals surface area (Å²) in [5, 5.41) is 31.7. The van der Waals surface area contributed by atoms with Crippen LogP contribution in [0.15, 0.2) is 11.6 Å². The summed E-state index contributed by atoms with van der Waals surface area (Å²) < 4.78 is 0. The fraction of sp³-hybridized carbons (Fsp3) is 0.800. The highest BCUT2D eigenvalue weighted by Gasteiger charge is 2.75. The molecule has 0 radical (unpaired) electrons. The Kier molecular flexibility index (Phi) is 5.42. The van der Waals surface area contributed by atoms with E-state index in [1.165, 1.54) is 12.5 Å². The standard InChI is InChI=1S/C30H42O7/c1-16-18(31)15-21(32)26(3)12-11-25(2)17(22(16)26)9-10-27(4)19(25)7-8-20-28(27,5)13-14-30(37,24(35)36)29(20,6)23(33)34/h9,16,19-20,22,37H,7-8,10-15H2,1-6H3,(H,33,34)(H,35,36). The van der Waals surface area contributed by atoms with E-state index in [1.807, 2.05) is 13.8 Å². The summed E-state index contributed by atoms with van der Waals surface area (Å²) in [6.07, 6.45) is 6.15. The third-order valence-corrected chi connectivity index (χ3v) is 13.3. The van der Waals surface area contributed by atoms with Crippen molar-refractivity contribution < 1.29 is 34.5 Å². The molecule has 5 aliphatic rings. The molecular weight excluding hydrogens is 472 g/mol. The van der Waals surface area contributed by atoms with Gasteiger partial charge in [0.2, 0.25) is 0 Å². The molecule has 0 aromatic carbocycles. The zero-order valence-corrected chi connectivity index (χ0v) is 23.0. The van der Waals surface area contributed by atoms with Crippen molar-refractivity contribution in [3.05, 3.63) is 11.6 Å². The number of Topliss-reactive ketones (excluding diaryl/α,β-unsaturated/α-hetero) is 2. The first kappa shape index (κ1) is 26.6. The normalized spacial score (nSPS) is 53.2. The van der Waals surface area contributed by atoms with Crippen LogP contribution in [0.5, 0.6) is 0 Å². The maximum Gasteiger partial charge on any atom is 0.336 e. The molecule has 0 bridgehead atoms. The number of carbonyl (C=O) groups is 4. The van der Waals surface area contributed by atoms with Crippen molar-refractivity contribution in [2.24, 2.45) is 50.7 Å². The number of aliphatic carboxylic acids is 2. The zero-order valence-electron chi connectivity index (χ0n) is 23.0. The van der Waals surface area contributed by atoms with Gasteiger partial charge in [-0.3, -0.25) is 14.4 Å². The van der Waals surface area contributed by atoms with Crippen molar-refractivity contribution in [2.45, 2.75) is 98.5 Å². The molecule has 0 heterocycles. The summed E-state index contributed by atoms with van der Waals surface area (Å²) in [5.41, 5.74) is -4.47. The highest BCUT2D eigenvalue weighted by atomic mass is 16.4. The van der Waals surface area contributed by atoms with Crippen molar-refractivity contribution in [3.8, 4) is 0 Å². The average molecular weight is 515 g/mol. The van der Waals surface area contributed by atoms with E-state index in [9.17, 15) is 34.5 Å². The van der Waals surface area contributed by atoms with Crippen molar-refractivity contribution in [3.63, 3.8) is 0 Å². The fourth-order valence-electron chi connectivity index (χ4n) is 10.6. The lowest BCUT2D eigenvalue weighted by atomic mass is 9.32. The Balaban J connectivity index is 1.63. The van der Waals surface area contributed by atoms with E-state index >= 15 is 0 Å². The number of carbonyl (C=O) groups excluding carboxylic acids is 2. The monoisotopic (exact) mass is 514 g/mol. The van der Waals surface area contributed by atoms with Crippen LogP contribution in [0.2, 0.25) is 0 Å². The molecule has 4 saturated carbocycles. The van der Waals surface area contributed by atoms with Gasteiger partial charge in [0.15, 0.2) is 5.60 Å². The van der Waals surface area contributed by atoms with Gasteiger partial charge in [0.1, 0.15) is 17.0 Å². The molecule has 0 saturated heterocycles. The Morgan fingerprint density at radius 3 is 2.03 bits per heavy atom. The Hall–Kier alpha value is -2.02. The minimum absolute atomic E-state index is 0.0269. The second kappa shape index (κ2) is 7.55. The predicted octanol–water partition coefficient (Wildman–Crippen LogP) is 4.66. The van der Waals surface area contributed by atoms with Crippen LogP contribution >= 0.6 is 0 Å². The largest absolute Gasteiger partial charge is 0.481 e. The number of ketones is 2. The summed E-state index contributed by atoms with van der Waals surface area (Å²) in [4.78, 5) is 51.0. The lowest BCUT2D eigenvalue weighted by Crippen LogP contribution is -2.71. The SMILES string of the molecule is CC1C(=O)CC(=O)C2(C)CCC3(C)C(=CCC4(C)C3CCC3C4(C)CCC(O)(C(=O)O)C3(C)C(=O)O)C12. The van der Waals surface area contributed by atoms with E-state index in [1.54, 1.807) is 0 Å². The van der Waals surface area contributed by atoms with Gasteiger partial charge < -0.3 is 15.3 Å². The van der Waals surface area contributed by atoms with Gasteiger partial charge in [0.05, 0.1) is 6.42 Å². The first-order valence-electron chi connectivity index (χ1n) is 13.9. The quantitative estimate of drug-likeness (QED) is 0.361. The lowest BCUT2D eigenvalue weighted by Gasteiger charge is -2.71.